The molecular weight excluding hydrogens is 254 g/mol. The van der Waals surface area contributed by atoms with Gasteiger partial charge in [-0.25, -0.2) is 0 Å². The molecule has 0 spiro atoms. The third-order valence-electron chi connectivity index (χ3n) is 3.09. The smallest absolute Gasteiger partial charge is 0.255 e. The number of methoxy groups -OCH3 is 1. The first kappa shape index (κ1) is 13.9. The van der Waals surface area contributed by atoms with Gasteiger partial charge in [-0.1, -0.05) is 24.3 Å². The zero-order valence-electron chi connectivity index (χ0n) is 11.5. The van der Waals surface area contributed by atoms with Crippen molar-refractivity contribution in [1.82, 2.24) is 5.32 Å². The van der Waals surface area contributed by atoms with Gasteiger partial charge in [-0.15, -0.1) is 0 Å². The van der Waals surface area contributed by atoms with Crippen LogP contribution in [0, 0.1) is 6.92 Å². The Balaban J connectivity index is 2.02. The number of carbonyl (C=O) groups excluding carboxylic acids is 1. The van der Waals surface area contributed by atoms with Gasteiger partial charge in [0.25, 0.3) is 5.91 Å². The summed E-state index contributed by atoms with van der Waals surface area (Å²) in [6, 6.07) is 12.6. The lowest BCUT2D eigenvalue weighted by molar-refractivity contribution is 0.0948. The molecule has 2 aromatic carbocycles. The summed E-state index contributed by atoms with van der Waals surface area (Å²) in [5.74, 6) is 0.512. The molecular formula is C16H17NO3. The molecule has 104 valence electrons. The summed E-state index contributed by atoms with van der Waals surface area (Å²) in [7, 11) is 1.61. The van der Waals surface area contributed by atoms with E-state index in [1.165, 1.54) is 0 Å². The number of hydrogen-bond acceptors (Lipinski definition) is 3. The number of ether oxygens (including phenoxy) is 1. The molecule has 1 amide bonds. The van der Waals surface area contributed by atoms with E-state index in [1.54, 1.807) is 32.2 Å². The van der Waals surface area contributed by atoms with Gasteiger partial charge in [0.1, 0.15) is 11.5 Å². The van der Waals surface area contributed by atoms with Gasteiger partial charge in [-0.3, -0.25) is 4.79 Å². The van der Waals surface area contributed by atoms with E-state index < -0.39 is 0 Å². The first-order valence-corrected chi connectivity index (χ1v) is 6.31. The van der Waals surface area contributed by atoms with E-state index in [-0.39, 0.29) is 11.7 Å². The minimum Gasteiger partial charge on any atom is -0.507 e. The minimum absolute atomic E-state index is 0.0275. The van der Waals surface area contributed by atoms with Crippen molar-refractivity contribution in [1.29, 1.82) is 0 Å². The summed E-state index contributed by atoms with van der Waals surface area (Å²) in [4.78, 5) is 12.0. The third kappa shape index (κ3) is 3.09. The van der Waals surface area contributed by atoms with E-state index in [0.29, 0.717) is 17.7 Å². The van der Waals surface area contributed by atoms with Crippen LogP contribution in [0.5, 0.6) is 11.5 Å². The highest BCUT2D eigenvalue weighted by Crippen LogP contribution is 2.21. The number of phenolic OH excluding ortho intramolecular Hbond substituents is 1. The van der Waals surface area contributed by atoms with Crippen molar-refractivity contribution < 1.29 is 14.6 Å². The molecule has 0 aliphatic heterocycles. The maximum Gasteiger partial charge on any atom is 0.255 e. The molecule has 4 heteroatoms. The van der Waals surface area contributed by atoms with E-state index in [1.807, 2.05) is 24.3 Å². The lowest BCUT2D eigenvalue weighted by Crippen LogP contribution is -2.22. The number of benzene rings is 2. The Labute approximate surface area is 118 Å². The number of aromatic hydroxyl groups is 1. The second-order valence-corrected chi connectivity index (χ2v) is 4.50. The summed E-state index contributed by atoms with van der Waals surface area (Å²) in [5.41, 5.74) is 1.94. The highest BCUT2D eigenvalue weighted by atomic mass is 16.5. The van der Waals surface area contributed by atoms with Gasteiger partial charge < -0.3 is 15.2 Å². The summed E-state index contributed by atoms with van der Waals surface area (Å²) in [5, 5.41) is 12.6. The maximum absolute atomic E-state index is 12.0. The van der Waals surface area contributed by atoms with Crippen molar-refractivity contribution in [3.05, 3.63) is 59.2 Å². The second kappa shape index (κ2) is 6.10. The number of phenols is 1. The summed E-state index contributed by atoms with van der Waals surface area (Å²) >= 11 is 0. The fourth-order valence-electron chi connectivity index (χ4n) is 1.86. The molecule has 0 fully saturated rings. The second-order valence-electron chi connectivity index (χ2n) is 4.50. The first-order valence-electron chi connectivity index (χ1n) is 6.31. The monoisotopic (exact) mass is 271 g/mol. The molecule has 0 bridgehead atoms. The quantitative estimate of drug-likeness (QED) is 0.898. The van der Waals surface area contributed by atoms with Crippen LogP contribution in [-0.2, 0) is 6.54 Å². The Morgan fingerprint density at radius 3 is 2.55 bits per heavy atom. The molecule has 0 aromatic heterocycles. The fraction of sp³-hybridized carbons (Fsp3) is 0.188. The average Bonchev–Trinajstić information content (AvgIpc) is 2.48. The van der Waals surface area contributed by atoms with E-state index >= 15 is 0 Å². The van der Waals surface area contributed by atoms with E-state index in [2.05, 4.69) is 5.32 Å². The van der Waals surface area contributed by atoms with Crippen molar-refractivity contribution in [2.75, 3.05) is 7.11 Å². The Morgan fingerprint density at radius 2 is 1.90 bits per heavy atom. The zero-order valence-corrected chi connectivity index (χ0v) is 11.5. The molecule has 0 radical (unpaired) electrons. The largest absolute Gasteiger partial charge is 0.507 e. The van der Waals surface area contributed by atoms with Crippen molar-refractivity contribution in [2.45, 2.75) is 13.5 Å². The van der Waals surface area contributed by atoms with E-state index in [9.17, 15) is 9.90 Å². The maximum atomic E-state index is 12.0. The molecule has 4 nitrogen and oxygen atoms in total. The van der Waals surface area contributed by atoms with Crippen LogP contribution in [0.1, 0.15) is 21.5 Å². The van der Waals surface area contributed by atoms with Crippen LogP contribution >= 0.6 is 0 Å². The van der Waals surface area contributed by atoms with Gasteiger partial charge >= 0.3 is 0 Å². The number of nitrogens with one attached hydrogen (secondary N) is 1. The third-order valence-corrected chi connectivity index (χ3v) is 3.09. The summed E-state index contributed by atoms with van der Waals surface area (Å²) < 4.78 is 5.07. The Kier molecular flexibility index (Phi) is 4.25. The molecule has 2 rings (SSSR count). The number of amides is 1. The summed E-state index contributed by atoms with van der Waals surface area (Å²) in [6.07, 6.45) is 0. The molecule has 0 aliphatic rings. The predicted octanol–water partition coefficient (Wildman–Crippen LogP) is 2.64. The van der Waals surface area contributed by atoms with Crippen molar-refractivity contribution >= 4 is 5.91 Å². The van der Waals surface area contributed by atoms with Gasteiger partial charge in [0.05, 0.1) is 12.7 Å². The van der Waals surface area contributed by atoms with Crippen LogP contribution in [-0.4, -0.2) is 18.1 Å². The topological polar surface area (TPSA) is 58.6 Å². The first-order chi connectivity index (χ1) is 9.61. The minimum atomic E-state index is -0.290. The molecule has 0 saturated heterocycles. The number of hydrogen-bond donors (Lipinski definition) is 2. The van der Waals surface area contributed by atoms with Crippen LogP contribution in [0.15, 0.2) is 42.5 Å². The number of aryl methyl sites for hydroxylation is 1. The van der Waals surface area contributed by atoms with Crippen molar-refractivity contribution in [2.24, 2.45) is 0 Å². The van der Waals surface area contributed by atoms with Crippen LogP contribution in [0.4, 0.5) is 0 Å². The van der Waals surface area contributed by atoms with Gasteiger partial charge in [0, 0.05) is 6.54 Å². The Hall–Kier alpha value is -2.49. The molecule has 0 aliphatic carbocycles. The van der Waals surface area contributed by atoms with Crippen LogP contribution in [0.2, 0.25) is 0 Å². The molecule has 2 N–H and O–H groups in total. The lowest BCUT2D eigenvalue weighted by Gasteiger charge is -2.09. The number of para-hydroxylation sites is 1. The standard InChI is InChI=1S/C16H17NO3/c1-11-4-3-5-14(15(11)18)16(19)17-10-12-6-8-13(20-2)9-7-12/h3-9,18H,10H2,1-2H3,(H,17,19). The molecule has 20 heavy (non-hydrogen) atoms. The van der Waals surface area contributed by atoms with Gasteiger partial charge in [-0.2, -0.15) is 0 Å². The van der Waals surface area contributed by atoms with Crippen molar-refractivity contribution in [3.8, 4) is 11.5 Å². The highest BCUT2D eigenvalue weighted by molar-refractivity contribution is 5.97. The molecule has 0 unspecified atom stereocenters. The SMILES string of the molecule is COc1ccc(CNC(=O)c2cccc(C)c2O)cc1. The molecule has 2 aromatic rings. The number of rotatable bonds is 4. The zero-order chi connectivity index (χ0) is 14.5. The lowest BCUT2D eigenvalue weighted by atomic mass is 10.1. The van der Waals surface area contributed by atoms with Crippen LogP contribution in [0.3, 0.4) is 0 Å². The van der Waals surface area contributed by atoms with Gasteiger partial charge in [-0.05, 0) is 36.2 Å². The highest BCUT2D eigenvalue weighted by Gasteiger charge is 2.11. The average molecular weight is 271 g/mol. The van der Waals surface area contributed by atoms with E-state index in [0.717, 1.165) is 11.3 Å². The normalized spacial score (nSPS) is 10.1. The van der Waals surface area contributed by atoms with Crippen molar-refractivity contribution in [3.63, 3.8) is 0 Å². The van der Waals surface area contributed by atoms with Crippen LogP contribution < -0.4 is 10.1 Å². The van der Waals surface area contributed by atoms with Gasteiger partial charge in [0.15, 0.2) is 0 Å². The fourth-order valence-corrected chi connectivity index (χ4v) is 1.86. The molecule has 0 saturated carbocycles. The molecule has 0 atom stereocenters. The van der Waals surface area contributed by atoms with E-state index in [4.69, 9.17) is 4.74 Å². The summed E-state index contributed by atoms with van der Waals surface area (Å²) in [6.45, 7) is 2.16. The van der Waals surface area contributed by atoms with Crippen LogP contribution in [0.25, 0.3) is 0 Å². The van der Waals surface area contributed by atoms with Gasteiger partial charge in [0.2, 0.25) is 0 Å². The molecule has 0 heterocycles. The Morgan fingerprint density at radius 1 is 1.20 bits per heavy atom. The predicted molar refractivity (Wildman–Crippen MR) is 77.0 cm³/mol. The number of carbonyl (C=O) groups is 1. The Bertz CT molecular complexity index is 606.